The summed E-state index contributed by atoms with van der Waals surface area (Å²) in [7, 11) is 0. The summed E-state index contributed by atoms with van der Waals surface area (Å²) in [6.45, 7) is 5.70. The third kappa shape index (κ3) is 4.21. The lowest BCUT2D eigenvalue weighted by molar-refractivity contribution is 0.0813. The highest BCUT2D eigenvalue weighted by molar-refractivity contribution is 5.99. The molecule has 0 aromatic carbocycles. The molecule has 5 heteroatoms. The summed E-state index contributed by atoms with van der Waals surface area (Å²) in [5, 5.41) is 12.6. The molecule has 0 saturated carbocycles. The van der Waals surface area contributed by atoms with Gasteiger partial charge in [-0.15, -0.1) is 0 Å². The van der Waals surface area contributed by atoms with Crippen molar-refractivity contribution in [3.63, 3.8) is 0 Å². The Bertz CT molecular complexity index is 436. The summed E-state index contributed by atoms with van der Waals surface area (Å²) in [5.41, 5.74) is 0.813. The van der Waals surface area contributed by atoms with E-state index >= 15 is 0 Å². The first kappa shape index (κ1) is 15.4. The number of carbonyl (C=O) groups is 2. The van der Waals surface area contributed by atoms with E-state index in [2.05, 4.69) is 10.3 Å². The molecule has 1 aromatic rings. The highest BCUT2D eigenvalue weighted by Gasteiger charge is 2.17. The molecular weight excluding hydrogens is 244 g/mol. The zero-order chi connectivity index (χ0) is 14.4. The Kier molecular flexibility index (Phi) is 5.76. The van der Waals surface area contributed by atoms with Crippen molar-refractivity contribution in [2.45, 2.75) is 39.7 Å². The molecule has 3 N–H and O–H groups in total. The van der Waals surface area contributed by atoms with Gasteiger partial charge in [-0.1, -0.05) is 26.7 Å². The molecule has 0 radical (unpaired) electrons. The molecule has 0 aliphatic carbocycles. The van der Waals surface area contributed by atoms with Gasteiger partial charge in [-0.25, -0.2) is 0 Å². The average molecular weight is 266 g/mol. The second kappa shape index (κ2) is 7.09. The fourth-order valence-electron chi connectivity index (χ4n) is 2.02. The molecule has 5 nitrogen and oxygen atoms in total. The zero-order valence-corrected chi connectivity index (χ0v) is 11.7. The number of carbonyl (C=O) groups excluding carboxylic acids is 2. The summed E-state index contributed by atoms with van der Waals surface area (Å²) in [6, 6.07) is 1.52. The molecule has 0 bridgehead atoms. The minimum absolute atomic E-state index is 0.0904. The van der Waals surface area contributed by atoms with Crippen LogP contribution in [0.3, 0.4) is 0 Å². The SMILES string of the molecule is CCC(CC)C(O)CNC(=O)c1cc(C(C)=O)c[nH]1. The lowest BCUT2D eigenvalue weighted by atomic mass is 9.96. The molecule has 106 valence electrons. The van der Waals surface area contributed by atoms with E-state index in [1.54, 1.807) is 0 Å². The van der Waals surface area contributed by atoms with Crippen molar-refractivity contribution in [3.8, 4) is 0 Å². The van der Waals surface area contributed by atoms with E-state index in [0.717, 1.165) is 12.8 Å². The van der Waals surface area contributed by atoms with Crippen molar-refractivity contribution in [2.75, 3.05) is 6.54 Å². The van der Waals surface area contributed by atoms with Gasteiger partial charge in [0.15, 0.2) is 5.78 Å². The zero-order valence-electron chi connectivity index (χ0n) is 11.7. The van der Waals surface area contributed by atoms with Crippen molar-refractivity contribution < 1.29 is 14.7 Å². The minimum Gasteiger partial charge on any atom is -0.391 e. The maximum Gasteiger partial charge on any atom is 0.267 e. The molecule has 0 spiro atoms. The van der Waals surface area contributed by atoms with Gasteiger partial charge >= 0.3 is 0 Å². The number of Topliss-reactive ketones (excluding diaryl/α,β-unsaturated/α-hetero) is 1. The molecule has 19 heavy (non-hydrogen) atoms. The number of aromatic nitrogens is 1. The van der Waals surface area contributed by atoms with E-state index in [9.17, 15) is 14.7 Å². The highest BCUT2D eigenvalue weighted by atomic mass is 16.3. The monoisotopic (exact) mass is 266 g/mol. The Morgan fingerprint density at radius 2 is 2.00 bits per heavy atom. The number of aliphatic hydroxyl groups excluding tert-OH is 1. The van der Waals surface area contributed by atoms with Gasteiger partial charge in [0, 0.05) is 18.3 Å². The van der Waals surface area contributed by atoms with Gasteiger partial charge in [0.25, 0.3) is 5.91 Å². The van der Waals surface area contributed by atoms with Crippen LogP contribution in [0, 0.1) is 5.92 Å². The van der Waals surface area contributed by atoms with Crippen LogP contribution in [0.25, 0.3) is 0 Å². The van der Waals surface area contributed by atoms with E-state index in [0.29, 0.717) is 11.3 Å². The maximum absolute atomic E-state index is 11.8. The molecule has 1 unspecified atom stereocenters. The Morgan fingerprint density at radius 3 is 2.47 bits per heavy atom. The van der Waals surface area contributed by atoms with E-state index < -0.39 is 6.10 Å². The Balaban J connectivity index is 2.53. The smallest absolute Gasteiger partial charge is 0.267 e. The number of aliphatic hydroxyl groups is 1. The second-order valence-electron chi connectivity index (χ2n) is 4.71. The quantitative estimate of drug-likeness (QED) is 0.657. The number of ketones is 1. The van der Waals surface area contributed by atoms with Crippen molar-refractivity contribution in [1.29, 1.82) is 0 Å². The number of rotatable bonds is 7. The van der Waals surface area contributed by atoms with E-state index in [1.165, 1.54) is 19.2 Å². The molecule has 1 atom stereocenters. The molecule has 1 aromatic heterocycles. The molecule has 1 heterocycles. The largest absolute Gasteiger partial charge is 0.391 e. The fraction of sp³-hybridized carbons (Fsp3) is 0.571. The van der Waals surface area contributed by atoms with Gasteiger partial charge in [-0.3, -0.25) is 9.59 Å². The summed E-state index contributed by atoms with van der Waals surface area (Å²) in [4.78, 5) is 25.7. The predicted octanol–water partition coefficient (Wildman–Crippen LogP) is 1.74. The minimum atomic E-state index is -0.541. The van der Waals surface area contributed by atoms with Crippen LogP contribution in [0.5, 0.6) is 0 Å². The third-order valence-corrected chi connectivity index (χ3v) is 3.40. The number of aromatic amines is 1. The molecule has 0 aliphatic heterocycles. The summed E-state index contributed by atoms with van der Waals surface area (Å²) in [5.74, 6) is -0.207. The normalized spacial score (nSPS) is 12.5. The van der Waals surface area contributed by atoms with Crippen LogP contribution in [-0.2, 0) is 0 Å². The van der Waals surface area contributed by atoms with Gasteiger partial charge in [0.1, 0.15) is 5.69 Å². The topological polar surface area (TPSA) is 82.2 Å². The number of amides is 1. The number of nitrogens with one attached hydrogen (secondary N) is 2. The summed E-state index contributed by atoms with van der Waals surface area (Å²) >= 11 is 0. The molecule has 0 fully saturated rings. The second-order valence-corrected chi connectivity index (χ2v) is 4.71. The van der Waals surface area contributed by atoms with Crippen LogP contribution in [0.15, 0.2) is 12.3 Å². The standard InChI is InChI=1S/C14H22N2O3/c1-4-10(5-2)13(18)8-16-14(19)12-6-11(7-15-12)9(3)17/h6-7,10,13,15,18H,4-5,8H2,1-3H3,(H,16,19). The van der Waals surface area contributed by atoms with Crippen LogP contribution >= 0.6 is 0 Å². The van der Waals surface area contributed by atoms with Crippen LogP contribution in [-0.4, -0.2) is 34.4 Å². The van der Waals surface area contributed by atoms with E-state index in [1.807, 2.05) is 13.8 Å². The molecule has 0 aliphatic rings. The average Bonchev–Trinajstić information content (AvgIpc) is 2.87. The first-order chi connectivity index (χ1) is 8.99. The van der Waals surface area contributed by atoms with Crippen molar-refractivity contribution in [1.82, 2.24) is 10.3 Å². The van der Waals surface area contributed by atoms with Gasteiger partial charge in [-0.05, 0) is 18.9 Å². The van der Waals surface area contributed by atoms with Crippen LogP contribution in [0.4, 0.5) is 0 Å². The van der Waals surface area contributed by atoms with Crippen LogP contribution < -0.4 is 5.32 Å². The number of H-pyrrole nitrogens is 1. The number of hydrogen-bond acceptors (Lipinski definition) is 3. The lowest BCUT2D eigenvalue weighted by Crippen LogP contribution is -2.36. The Morgan fingerprint density at radius 1 is 1.37 bits per heavy atom. The summed E-state index contributed by atoms with van der Waals surface area (Å²) in [6.07, 6.45) is 2.73. The van der Waals surface area contributed by atoms with E-state index in [-0.39, 0.29) is 24.2 Å². The Labute approximate surface area is 113 Å². The fourth-order valence-corrected chi connectivity index (χ4v) is 2.02. The lowest BCUT2D eigenvalue weighted by Gasteiger charge is -2.20. The molecule has 0 saturated heterocycles. The number of hydrogen-bond donors (Lipinski definition) is 3. The van der Waals surface area contributed by atoms with E-state index in [4.69, 9.17) is 0 Å². The maximum atomic E-state index is 11.8. The van der Waals surface area contributed by atoms with Crippen LogP contribution in [0.1, 0.15) is 54.5 Å². The first-order valence-electron chi connectivity index (χ1n) is 6.65. The van der Waals surface area contributed by atoms with Crippen LogP contribution in [0.2, 0.25) is 0 Å². The van der Waals surface area contributed by atoms with Crippen molar-refractivity contribution in [2.24, 2.45) is 5.92 Å². The van der Waals surface area contributed by atoms with Gasteiger partial charge < -0.3 is 15.4 Å². The molecule has 1 rings (SSSR count). The predicted molar refractivity (Wildman–Crippen MR) is 73.2 cm³/mol. The van der Waals surface area contributed by atoms with Gasteiger partial charge in [0.2, 0.25) is 0 Å². The molecular formula is C14H22N2O3. The highest BCUT2D eigenvalue weighted by Crippen LogP contribution is 2.12. The van der Waals surface area contributed by atoms with Gasteiger partial charge in [-0.2, -0.15) is 0 Å². The van der Waals surface area contributed by atoms with Crippen molar-refractivity contribution >= 4 is 11.7 Å². The first-order valence-corrected chi connectivity index (χ1v) is 6.65. The Hall–Kier alpha value is -1.62. The van der Waals surface area contributed by atoms with Gasteiger partial charge in [0.05, 0.1) is 6.10 Å². The third-order valence-electron chi connectivity index (χ3n) is 3.40. The van der Waals surface area contributed by atoms with Crippen molar-refractivity contribution in [3.05, 3.63) is 23.5 Å². The molecule has 1 amide bonds. The summed E-state index contributed by atoms with van der Waals surface area (Å²) < 4.78 is 0.